The summed E-state index contributed by atoms with van der Waals surface area (Å²) in [6.45, 7) is 8.19. The summed E-state index contributed by atoms with van der Waals surface area (Å²) < 4.78 is 0. The monoisotopic (exact) mass is 287 g/mol. The normalized spacial score (nSPS) is 18.9. The zero-order valence-electron chi connectivity index (χ0n) is 13.0. The molecule has 4 nitrogen and oxygen atoms in total. The Bertz CT molecular complexity index is 519. The third-order valence-electron chi connectivity index (χ3n) is 4.79. The number of likely N-dealkylation sites (tertiary alicyclic amines) is 1. The summed E-state index contributed by atoms with van der Waals surface area (Å²) in [5.74, 6) is 1.66. The molecule has 2 aliphatic heterocycles. The molecule has 3 rings (SSSR count). The number of nitrogens with zero attached hydrogens (tertiary/aromatic N) is 1. The lowest BCUT2D eigenvalue weighted by atomic mass is 9.86. The highest BCUT2D eigenvalue weighted by Gasteiger charge is 2.25. The van der Waals surface area contributed by atoms with E-state index in [1.165, 1.54) is 0 Å². The van der Waals surface area contributed by atoms with Gasteiger partial charge in [-0.25, -0.2) is 0 Å². The van der Waals surface area contributed by atoms with Crippen LogP contribution in [0.15, 0.2) is 18.2 Å². The van der Waals surface area contributed by atoms with E-state index in [4.69, 9.17) is 0 Å². The molecule has 0 spiro atoms. The highest BCUT2D eigenvalue weighted by molar-refractivity contribution is 5.96. The van der Waals surface area contributed by atoms with Crippen molar-refractivity contribution < 1.29 is 4.79 Å². The van der Waals surface area contributed by atoms with Gasteiger partial charge < -0.3 is 15.5 Å². The molecule has 1 saturated heterocycles. The minimum absolute atomic E-state index is 0.173. The molecule has 1 amide bonds. The van der Waals surface area contributed by atoms with Crippen LogP contribution in [0.4, 0.5) is 11.4 Å². The first-order valence-electron chi connectivity index (χ1n) is 8.06. The van der Waals surface area contributed by atoms with Gasteiger partial charge in [-0.05, 0) is 42.9 Å². The van der Waals surface area contributed by atoms with Crippen LogP contribution in [0.5, 0.6) is 0 Å². The van der Waals surface area contributed by atoms with Gasteiger partial charge >= 0.3 is 0 Å². The number of amides is 1. The number of anilines is 2. The number of benzene rings is 1. The fourth-order valence-electron chi connectivity index (χ4n) is 3.32. The van der Waals surface area contributed by atoms with Crippen LogP contribution in [-0.4, -0.2) is 37.0 Å². The van der Waals surface area contributed by atoms with Crippen LogP contribution < -0.4 is 10.6 Å². The van der Waals surface area contributed by atoms with Gasteiger partial charge in [-0.2, -0.15) is 0 Å². The first-order valence-corrected chi connectivity index (χ1v) is 8.06. The summed E-state index contributed by atoms with van der Waals surface area (Å²) in [6, 6.07) is 5.93. The second-order valence-electron chi connectivity index (χ2n) is 6.49. The van der Waals surface area contributed by atoms with Gasteiger partial charge in [-0.15, -0.1) is 0 Å². The lowest BCUT2D eigenvalue weighted by Gasteiger charge is -2.34. The molecule has 21 heavy (non-hydrogen) atoms. The molecule has 4 heteroatoms. The lowest BCUT2D eigenvalue weighted by molar-refractivity contribution is 0.0668. The van der Waals surface area contributed by atoms with E-state index in [-0.39, 0.29) is 5.91 Å². The number of fused-ring (bicyclic) bond motifs is 1. The predicted octanol–water partition coefficient (Wildman–Crippen LogP) is 3.03. The summed E-state index contributed by atoms with van der Waals surface area (Å²) in [7, 11) is 0. The number of nitrogens with one attached hydrogen (secondary N) is 2. The molecule has 2 N–H and O–H groups in total. The average molecular weight is 287 g/mol. The van der Waals surface area contributed by atoms with Gasteiger partial charge in [-0.1, -0.05) is 13.8 Å². The number of carbonyl (C=O) groups is 1. The second kappa shape index (κ2) is 5.96. The third-order valence-corrected chi connectivity index (χ3v) is 4.79. The molecule has 0 aliphatic carbocycles. The first-order chi connectivity index (χ1) is 10.1. The molecule has 114 valence electrons. The van der Waals surface area contributed by atoms with Crippen molar-refractivity contribution in [2.75, 3.05) is 36.8 Å². The molecule has 0 bridgehead atoms. The Morgan fingerprint density at radius 1 is 1.14 bits per heavy atom. The molecule has 0 unspecified atom stereocenters. The van der Waals surface area contributed by atoms with Crippen LogP contribution in [0.3, 0.4) is 0 Å². The van der Waals surface area contributed by atoms with Crippen molar-refractivity contribution in [3.8, 4) is 0 Å². The van der Waals surface area contributed by atoms with Gasteiger partial charge in [0.1, 0.15) is 0 Å². The maximum Gasteiger partial charge on any atom is 0.253 e. The van der Waals surface area contributed by atoms with E-state index in [9.17, 15) is 4.79 Å². The molecule has 1 aromatic carbocycles. The molecular weight excluding hydrogens is 262 g/mol. The SMILES string of the molecule is CC(C)C1CCN(C(=O)c2ccc3c(c2)NCCN3)CC1. The number of carbonyl (C=O) groups excluding carboxylic acids is 1. The van der Waals surface area contributed by atoms with E-state index in [0.717, 1.165) is 67.8 Å². The summed E-state index contributed by atoms with van der Waals surface area (Å²) in [6.07, 6.45) is 2.27. The molecule has 0 aromatic heterocycles. The topological polar surface area (TPSA) is 44.4 Å². The molecule has 1 aromatic rings. The number of rotatable bonds is 2. The third kappa shape index (κ3) is 2.99. The summed E-state index contributed by atoms with van der Waals surface area (Å²) in [5, 5.41) is 6.69. The fraction of sp³-hybridized carbons (Fsp3) is 0.588. The van der Waals surface area contributed by atoms with E-state index in [0.29, 0.717) is 0 Å². The van der Waals surface area contributed by atoms with Crippen molar-refractivity contribution in [1.82, 2.24) is 4.90 Å². The number of hydrogen-bond donors (Lipinski definition) is 2. The highest BCUT2D eigenvalue weighted by Crippen LogP contribution is 2.28. The Morgan fingerprint density at radius 3 is 2.48 bits per heavy atom. The number of hydrogen-bond acceptors (Lipinski definition) is 3. The van der Waals surface area contributed by atoms with Crippen LogP contribution in [0.1, 0.15) is 37.0 Å². The standard InChI is InChI=1S/C17H25N3O/c1-12(2)13-5-9-20(10-6-13)17(21)14-3-4-15-16(11-14)19-8-7-18-15/h3-4,11-13,18-19H,5-10H2,1-2H3. The summed E-state index contributed by atoms with van der Waals surface area (Å²) in [4.78, 5) is 14.7. The molecular formula is C17H25N3O. The van der Waals surface area contributed by atoms with Crippen molar-refractivity contribution in [2.24, 2.45) is 11.8 Å². The molecule has 0 radical (unpaired) electrons. The van der Waals surface area contributed by atoms with Crippen molar-refractivity contribution in [3.63, 3.8) is 0 Å². The zero-order chi connectivity index (χ0) is 14.8. The maximum atomic E-state index is 12.6. The Morgan fingerprint density at radius 2 is 1.81 bits per heavy atom. The lowest BCUT2D eigenvalue weighted by Crippen LogP contribution is -2.39. The first kappa shape index (κ1) is 14.2. The van der Waals surface area contributed by atoms with Crippen LogP contribution in [0, 0.1) is 11.8 Å². The van der Waals surface area contributed by atoms with Crippen LogP contribution >= 0.6 is 0 Å². The molecule has 2 heterocycles. The van der Waals surface area contributed by atoms with Crippen LogP contribution in [0.25, 0.3) is 0 Å². The van der Waals surface area contributed by atoms with Gasteiger partial charge in [0, 0.05) is 31.7 Å². The van der Waals surface area contributed by atoms with E-state index >= 15 is 0 Å². The van der Waals surface area contributed by atoms with E-state index in [1.807, 2.05) is 23.1 Å². The van der Waals surface area contributed by atoms with Crippen molar-refractivity contribution in [1.29, 1.82) is 0 Å². The minimum Gasteiger partial charge on any atom is -0.382 e. The molecule has 2 aliphatic rings. The van der Waals surface area contributed by atoms with Gasteiger partial charge in [0.15, 0.2) is 0 Å². The molecule has 0 atom stereocenters. The summed E-state index contributed by atoms with van der Waals surface area (Å²) >= 11 is 0. The van der Waals surface area contributed by atoms with E-state index < -0.39 is 0 Å². The van der Waals surface area contributed by atoms with Crippen LogP contribution in [-0.2, 0) is 0 Å². The van der Waals surface area contributed by atoms with Crippen molar-refractivity contribution in [2.45, 2.75) is 26.7 Å². The quantitative estimate of drug-likeness (QED) is 0.879. The molecule has 1 fully saturated rings. The molecule has 0 saturated carbocycles. The van der Waals surface area contributed by atoms with E-state index in [1.54, 1.807) is 0 Å². The van der Waals surface area contributed by atoms with E-state index in [2.05, 4.69) is 24.5 Å². The van der Waals surface area contributed by atoms with Crippen molar-refractivity contribution >= 4 is 17.3 Å². The second-order valence-corrected chi connectivity index (χ2v) is 6.49. The van der Waals surface area contributed by atoms with Gasteiger partial charge in [-0.3, -0.25) is 4.79 Å². The minimum atomic E-state index is 0.173. The highest BCUT2D eigenvalue weighted by atomic mass is 16.2. The summed E-state index contributed by atoms with van der Waals surface area (Å²) in [5.41, 5.74) is 2.94. The average Bonchev–Trinajstić information content (AvgIpc) is 2.54. The van der Waals surface area contributed by atoms with Gasteiger partial charge in [0.25, 0.3) is 5.91 Å². The van der Waals surface area contributed by atoms with Crippen molar-refractivity contribution in [3.05, 3.63) is 23.8 Å². The largest absolute Gasteiger partial charge is 0.382 e. The Labute approximate surface area is 126 Å². The smallest absolute Gasteiger partial charge is 0.253 e. The van der Waals surface area contributed by atoms with Gasteiger partial charge in [0.05, 0.1) is 11.4 Å². The van der Waals surface area contributed by atoms with Crippen LogP contribution in [0.2, 0.25) is 0 Å². The predicted molar refractivity (Wildman–Crippen MR) is 86.9 cm³/mol. The van der Waals surface area contributed by atoms with Gasteiger partial charge in [0.2, 0.25) is 0 Å². The maximum absolute atomic E-state index is 12.6. The Hall–Kier alpha value is -1.71. The Balaban J connectivity index is 1.68. The number of piperidine rings is 1. The Kier molecular flexibility index (Phi) is 4.04. The zero-order valence-corrected chi connectivity index (χ0v) is 13.0. The fourth-order valence-corrected chi connectivity index (χ4v) is 3.32.